The minimum atomic E-state index is -1.17. The standard InChI is InChI=1S/C12H12N4O5/c1-5-10(11(19)20)7(4-13-5)15-8(17)2-6-3-9(18)16-12(21)14-6/h3-4,13H,2H2,1H3,(H,15,17)(H,19,20)(H2,14,16,18,21). The molecule has 0 unspecified atom stereocenters. The molecule has 2 aromatic rings. The van der Waals surface area contributed by atoms with Gasteiger partial charge in [0.1, 0.15) is 5.56 Å². The van der Waals surface area contributed by atoms with Gasteiger partial charge in [0.05, 0.1) is 12.1 Å². The summed E-state index contributed by atoms with van der Waals surface area (Å²) in [6.45, 7) is 1.56. The number of hydrogen-bond acceptors (Lipinski definition) is 4. The van der Waals surface area contributed by atoms with Crippen LogP contribution in [0.25, 0.3) is 0 Å². The molecule has 9 nitrogen and oxygen atoms in total. The Kier molecular flexibility index (Phi) is 3.74. The van der Waals surface area contributed by atoms with Gasteiger partial charge in [-0.1, -0.05) is 0 Å². The highest BCUT2D eigenvalue weighted by molar-refractivity contribution is 6.01. The van der Waals surface area contributed by atoms with Gasteiger partial charge in [-0.05, 0) is 6.92 Å². The van der Waals surface area contributed by atoms with Crippen molar-refractivity contribution in [3.63, 3.8) is 0 Å². The van der Waals surface area contributed by atoms with Gasteiger partial charge in [-0.15, -0.1) is 0 Å². The van der Waals surface area contributed by atoms with Crippen molar-refractivity contribution in [2.75, 3.05) is 5.32 Å². The fourth-order valence-corrected chi connectivity index (χ4v) is 1.88. The third-order valence-electron chi connectivity index (χ3n) is 2.73. The second kappa shape index (κ2) is 5.49. The number of amides is 1. The minimum absolute atomic E-state index is 0.0391. The van der Waals surface area contributed by atoms with E-state index < -0.39 is 23.1 Å². The molecule has 0 saturated heterocycles. The predicted octanol–water partition coefficient (Wildman–Crippen LogP) is -0.421. The maximum atomic E-state index is 11.8. The number of aromatic carboxylic acids is 1. The number of aromatic amines is 3. The number of aromatic nitrogens is 3. The molecule has 2 heterocycles. The molecule has 0 fully saturated rings. The van der Waals surface area contributed by atoms with Crippen molar-refractivity contribution < 1.29 is 14.7 Å². The topological polar surface area (TPSA) is 148 Å². The van der Waals surface area contributed by atoms with Gasteiger partial charge < -0.3 is 20.4 Å². The van der Waals surface area contributed by atoms with E-state index in [9.17, 15) is 19.2 Å². The lowest BCUT2D eigenvalue weighted by atomic mass is 10.2. The molecule has 0 spiro atoms. The van der Waals surface area contributed by atoms with Crippen LogP contribution in [-0.2, 0) is 11.2 Å². The van der Waals surface area contributed by atoms with Crippen LogP contribution in [0.2, 0.25) is 0 Å². The Labute approximate surface area is 117 Å². The van der Waals surface area contributed by atoms with Crippen LogP contribution >= 0.6 is 0 Å². The van der Waals surface area contributed by atoms with Gasteiger partial charge in [-0.2, -0.15) is 0 Å². The Morgan fingerprint density at radius 1 is 1.29 bits per heavy atom. The zero-order valence-electron chi connectivity index (χ0n) is 10.9. The molecule has 2 rings (SSSR count). The lowest BCUT2D eigenvalue weighted by Crippen LogP contribution is -2.25. The number of aryl methyl sites for hydroxylation is 1. The highest BCUT2D eigenvalue weighted by Gasteiger charge is 2.17. The summed E-state index contributed by atoms with van der Waals surface area (Å²) in [6, 6.07) is 1.08. The lowest BCUT2D eigenvalue weighted by Gasteiger charge is -2.04. The maximum Gasteiger partial charge on any atom is 0.339 e. The van der Waals surface area contributed by atoms with Gasteiger partial charge in [0.25, 0.3) is 5.56 Å². The number of H-pyrrole nitrogens is 3. The molecule has 0 atom stereocenters. The molecule has 21 heavy (non-hydrogen) atoms. The van der Waals surface area contributed by atoms with E-state index >= 15 is 0 Å². The number of carboxylic acids is 1. The number of rotatable bonds is 4. The maximum absolute atomic E-state index is 11.8. The summed E-state index contributed by atoms with van der Waals surface area (Å²) in [5.41, 5.74) is -0.716. The van der Waals surface area contributed by atoms with Crippen LogP contribution in [0.1, 0.15) is 21.7 Å². The first-order chi connectivity index (χ1) is 9.86. The second-order valence-corrected chi connectivity index (χ2v) is 4.35. The number of anilines is 1. The Balaban J connectivity index is 2.17. The molecule has 0 saturated carbocycles. The smallest absolute Gasteiger partial charge is 0.339 e. The molecule has 0 aliphatic heterocycles. The first kappa shape index (κ1) is 14.3. The van der Waals surface area contributed by atoms with Crippen LogP contribution in [0.4, 0.5) is 5.69 Å². The van der Waals surface area contributed by atoms with E-state index in [4.69, 9.17) is 5.11 Å². The largest absolute Gasteiger partial charge is 0.478 e. The quantitative estimate of drug-likeness (QED) is 0.519. The Morgan fingerprint density at radius 2 is 2.00 bits per heavy atom. The van der Waals surface area contributed by atoms with Crippen molar-refractivity contribution in [1.82, 2.24) is 15.0 Å². The van der Waals surface area contributed by atoms with E-state index in [-0.39, 0.29) is 23.4 Å². The van der Waals surface area contributed by atoms with Gasteiger partial charge in [0, 0.05) is 23.7 Å². The fourth-order valence-electron chi connectivity index (χ4n) is 1.88. The molecule has 0 aliphatic carbocycles. The number of carboxylic acid groups (broad SMARTS) is 1. The summed E-state index contributed by atoms with van der Waals surface area (Å²) in [5.74, 6) is -1.73. The summed E-state index contributed by atoms with van der Waals surface area (Å²) in [6.07, 6.45) is 1.10. The summed E-state index contributed by atoms with van der Waals surface area (Å²) < 4.78 is 0. The van der Waals surface area contributed by atoms with Gasteiger partial charge in [-0.25, -0.2) is 9.59 Å². The minimum Gasteiger partial charge on any atom is -0.478 e. The van der Waals surface area contributed by atoms with Gasteiger partial charge in [0.2, 0.25) is 5.91 Å². The number of nitrogens with one attached hydrogen (secondary N) is 4. The number of carbonyl (C=O) groups excluding carboxylic acids is 1. The SMILES string of the molecule is Cc1[nH]cc(NC(=O)Cc2cc(=O)[nH]c(=O)[nH]2)c1C(=O)O. The van der Waals surface area contributed by atoms with Crippen molar-refractivity contribution in [2.24, 2.45) is 0 Å². The zero-order chi connectivity index (χ0) is 15.6. The van der Waals surface area contributed by atoms with E-state index in [1.807, 2.05) is 4.98 Å². The Hall–Kier alpha value is -3.10. The summed E-state index contributed by atoms with van der Waals surface area (Å²) >= 11 is 0. The molecule has 0 aliphatic rings. The van der Waals surface area contributed by atoms with E-state index in [0.29, 0.717) is 5.69 Å². The summed E-state index contributed by atoms with van der Waals surface area (Å²) in [7, 11) is 0. The van der Waals surface area contributed by atoms with Crippen molar-refractivity contribution in [1.29, 1.82) is 0 Å². The van der Waals surface area contributed by atoms with E-state index in [0.717, 1.165) is 6.07 Å². The molecule has 2 aromatic heterocycles. The first-order valence-electron chi connectivity index (χ1n) is 5.90. The Morgan fingerprint density at radius 3 is 2.62 bits per heavy atom. The highest BCUT2D eigenvalue weighted by atomic mass is 16.4. The molecule has 110 valence electrons. The molecule has 9 heteroatoms. The van der Waals surface area contributed by atoms with Crippen LogP contribution in [0.5, 0.6) is 0 Å². The average molecular weight is 292 g/mol. The van der Waals surface area contributed by atoms with Crippen molar-refractivity contribution in [3.8, 4) is 0 Å². The normalized spacial score (nSPS) is 10.3. The first-order valence-corrected chi connectivity index (χ1v) is 5.90. The van der Waals surface area contributed by atoms with Crippen molar-refractivity contribution in [2.45, 2.75) is 13.3 Å². The third-order valence-corrected chi connectivity index (χ3v) is 2.73. The molecule has 0 radical (unpaired) electrons. The monoisotopic (exact) mass is 292 g/mol. The predicted molar refractivity (Wildman–Crippen MR) is 72.5 cm³/mol. The summed E-state index contributed by atoms with van der Waals surface area (Å²) in [4.78, 5) is 52.1. The van der Waals surface area contributed by atoms with Crippen molar-refractivity contribution >= 4 is 17.6 Å². The van der Waals surface area contributed by atoms with Crippen LogP contribution in [0, 0.1) is 6.92 Å². The second-order valence-electron chi connectivity index (χ2n) is 4.35. The molecule has 5 N–H and O–H groups in total. The van der Waals surface area contributed by atoms with E-state index in [1.54, 1.807) is 6.92 Å². The van der Waals surface area contributed by atoms with E-state index in [1.165, 1.54) is 6.20 Å². The van der Waals surface area contributed by atoms with Crippen LogP contribution in [0.15, 0.2) is 21.9 Å². The molecule has 1 amide bonds. The van der Waals surface area contributed by atoms with Gasteiger partial charge >= 0.3 is 11.7 Å². The Bertz CT molecular complexity index is 785. The molecular formula is C12H12N4O5. The van der Waals surface area contributed by atoms with Crippen LogP contribution < -0.4 is 16.6 Å². The van der Waals surface area contributed by atoms with Crippen molar-refractivity contribution in [3.05, 3.63) is 50.1 Å². The summed E-state index contributed by atoms with van der Waals surface area (Å²) in [5, 5.41) is 11.5. The average Bonchev–Trinajstić information content (AvgIpc) is 2.68. The number of hydrogen-bond donors (Lipinski definition) is 5. The molecule has 0 aromatic carbocycles. The molecule has 0 bridgehead atoms. The van der Waals surface area contributed by atoms with Crippen LogP contribution in [-0.4, -0.2) is 31.9 Å². The fraction of sp³-hybridized carbons (Fsp3) is 0.167. The zero-order valence-corrected chi connectivity index (χ0v) is 10.9. The van der Waals surface area contributed by atoms with Gasteiger partial charge in [-0.3, -0.25) is 14.6 Å². The third kappa shape index (κ3) is 3.26. The van der Waals surface area contributed by atoms with Gasteiger partial charge in [0.15, 0.2) is 0 Å². The lowest BCUT2D eigenvalue weighted by molar-refractivity contribution is -0.115. The van der Waals surface area contributed by atoms with Crippen LogP contribution in [0.3, 0.4) is 0 Å². The number of carbonyl (C=O) groups is 2. The highest BCUT2D eigenvalue weighted by Crippen LogP contribution is 2.19. The molecular weight excluding hydrogens is 280 g/mol. The van der Waals surface area contributed by atoms with E-state index in [2.05, 4.69) is 15.3 Å².